The number of amides is 1. The largest absolute Gasteiger partial charge is 0.418 e. The molecule has 2 rings (SSSR count). The quantitative estimate of drug-likeness (QED) is 0.796. The first-order valence-electron chi connectivity index (χ1n) is 6.16. The molecule has 0 N–H and O–H groups in total. The maximum Gasteiger partial charge on any atom is 0.418 e. The number of alkyl halides is 3. The van der Waals surface area contributed by atoms with Gasteiger partial charge in [0.1, 0.15) is 0 Å². The third-order valence-corrected chi connectivity index (χ3v) is 3.56. The summed E-state index contributed by atoms with van der Waals surface area (Å²) in [5.74, 6) is -0.0585. The zero-order valence-electron chi connectivity index (χ0n) is 10.9. The Labute approximate surface area is 119 Å². The highest BCUT2D eigenvalue weighted by molar-refractivity contribution is 6.30. The van der Waals surface area contributed by atoms with Gasteiger partial charge in [-0.25, -0.2) is 0 Å². The van der Waals surface area contributed by atoms with E-state index in [-0.39, 0.29) is 16.6 Å². The van der Waals surface area contributed by atoms with Gasteiger partial charge in [-0.1, -0.05) is 11.6 Å². The lowest BCUT2D eigenvalue weighted by Gasteiger charge is -2.36. The molecular weight excluding hydrogens is 293 g/mol. The van der Waals surface area contributed by atoms with Gasteiger partial charge in [0.2, 0.25) is 5.91 Å². The first kappa shape index (κ1) is 15.0. The van der Waals surface area contributed by atoms with Crippen LogP contribution in [0.15, 0.2) is 18.2 Å². The minimum Gasteiger partial charge on any atom is -0.367 e. The van der Waals surface area contributed by atoms with Crippen molar-refractivity contribution >= 4 is 23.2 Å². The summed E-state index contributed by atoms with van der Waals surface area (Å²) in [6, 6.07) is 3.77. The van der Waals surface area contributed by atoms with Gasteiger partial charge in [0.15, 0.2) is 0 Å². The van der Waals surface area contributed by atoms with E-state index in [1.807, 2.05) is 0 Å². The molecule has 1 aromatic rings. The Kier molecular flexibility index (Phi) is 4.13. The molecular formula is C13H14ClF3N2O. The lowest BCUT2D eigenvalue weighted by atomic mass is 10.1. The summed E-state index contributed by atoms with van der Waals surface area (Å²) in [5.41, 5.74) is -0.619. The molecule has 0 saturated carbocycles. The predicted octanol–water partition coefficient (Wildman–Crippen LogP) is 3.03. The zero-order chi connectivity index (χ0) is 14.9. The predicted molar refractivity (Wildman–Crippen MR) is 70.9 cm³/mol. The van der Waals surface area contributed by atoms with Crippen LogP contribution >= 0.6 is 11.6 Å². The molecule has 1 saturated heterocycles. The van der Waals surface area contributed by atoms with E-state index >= 15 is 0 Å². The van der Waals surface area contributed by atoms with E-state index in [1.54, 1.807) is 9.80 Å². The van der Waals surface area contributed by atoms with E-state index in [2.05, 4.69) is 0 Å². The molecule has 7 heteroatoms. The second-order valence-electron chi connectivity index (χ2n) is 4.65. The highest BCUT2D eigenvalue weighted by Crippen LogP contribution is 2.38. The lowest BCUT2D eigenvalue weighted by molar-refractivity contribution is -0.137. The molecule has 110 valence electrons. The van der Waals surface area contributed by atoms with Crippen molar-refractivity contribution < 1.29 is 18.0 Å². The van der Waals surface area contributed by atoms with Crippen LogP contribution in [-0.4, -0.2) is 37.0 Å². The van der Waals surface area contributed by atoms with Crippen molar-refractivity contribution in [3.8, 4) is 0 Å². The number of halogens is 4. The molecule has 1 amide bonds. The Balaban J connectivity index is 2.24. The Morgan fingerprint density at radius 3 is 2.30 bits per heavy atom. The van der Waals surface area contributed by atoms with Gasteiger partial charge in [-0.05, 0) is 18.2 Å². The molecule has 0 aliphatic carbocycles. The van der Waals surface area contributed by atoms with E-state index in [0.29, 0.717) is 26.2 Å². The molecule has 0 aromatic heterocycles. The van der Waals surface area contributed by atoms with E-state index in [1.165, 1.54) is 19.1 Å². The summed E-state index contributed by atoms with van der Waals surface area (Å²) < 4.78 is 39.1. The second-order valence-corrected chi connectivity index (χ2v) is 5.09. The topological polar surface area (TPSA) is 23.6 Å². The van der Waals surface area contributed by atoms with E-state index < -0.39 is 11.7 Å². The monoisotopic (exact) mass is 306 g/mol. The molecule has 1 fully saturated rings. The summed E-state index contributed by atoms with van der Waals surface area (Å²) in [7, 11) is 0. The summed E-state index contributed by atoms with van der Waals surface area (Å²) >= 11 is 5.66. The maximum atomic E-state index is 13.0. The van der Waals surface area contributed by atoms with Crippen molar-refractivity contribution in [1.29, 1.82) is 0 Å². The fourth-order valence-corrected chi connectivity index (χ4v) is 2.45. The Bertz CT molecular complexity index is 511. The molecule has 1 aliphatic rings. The van der Waals surface area contributed by atoms with Crippen LogP contribution in [0.1, 0.15) is 12.5 Å². The van der Waals surface area contributed by atoms with Crippen molar-refractivity contribution in [1.82, 2.24) is 4.90 Å². The Morgan fingerprint density at radius 2 is 1.80 bits per heavy atom. The molecule has 1 aliphatic heterocycles. The van der Waals surface area contributed by atoms with Crippen molar-refractivity contribution in [3.63, 3.8) is 0 Å². The SMILES string of the molecule is CC(=O)N1CCN(c2ccc(Cl)cc2C(F)(F)F)CC1. The molecule has 0 atom stereocenters. The highest BCUT2D eigenvalue weighted by Gasteiger charge is 2.35. The van der Waals surface area contributed by atoms with Gasteiger partial charge < -0.3 is 9.80 Å². The van der Waals surface area contributed by atoms with Crippen LogP contribution in [0.5, 0.6) is 0 Å². The molecule has 0 unspecified atom stereocenters. The van der Waals surface area contributed by atoms with Crippen molar-refractivity contribution in [3.05, 3.63) is 28.8 Å². The Morgan fingerprint density at radius 1 is 1.20 bits per heavy atom. The lowest BCUT2D eigenvalue weighted by Crippen LogP contribution is -2.48. The number of nitrogens with zero attached hydrogens (tertiary/aromatic N) is 2. The molecule has 20 heavy (non-hydrogen) atoms. The zero-order valence-corrected chi connectivity index (χ0v) is 11.6. The van der Waals surface area contributed by atoms with Crippen LogP contribution in [0.2, 0.25) is 5.02 Å². The highest BCUT2D eigenvalue weighted by atomic mass is 35.5. The van der Waals surface area contributed by atoms with Crippen LogP contribution in [0.4, 0.5) is 18.9 Å². The van der Waals surface area contributed by atoms with Gasteiger partial charge >= 0.3 is 6.18 Å². The molecule has 0 radical (unpaired) electrons. The number of benzene rings is 1. The van der Waals surface area contributed by atoms with Gasteiger partial charge in [-0.3, -0.25) is 4.79 Å². The molecule has 0 bridgehead atoms. The molecule has 3 nitrogen and oxygen atoms in total. The van der Waals surface area contributed by atoms with Gasteiger partial charge in [-0.15, -0.1) is 0 Å². The number of carbonyl (C=O) groups excluding carboxylic acids is 1. The van der Waals surface area contributed by atoms with Gasteiger partial charge in [-0.2, -0.15) is 13.2 Å². The second kappa shape index (κ2) is 5.52. The standard InChI is InChI=1S/C13H14ClF3N2O/c1-9(20)18-4-6-19(7-5-18)12-3-2-10(14)8-11(12)13(15,16)17/h2-3,8H,4-7H2,1H3. The fourth-order valence-electron chi connectivity index (χ4n) is 2.27. The summed E-state index contributed by atoms with van der Waals surface area (Å²) in [6.07, 6.45) is -4.45. The van der Waals surface area contributed by atoms with Crippen LogP contribution in [0.25, 0.3) is 0 Å². The van der Waals surface area contributed by atoms with Crippen LogP contribution in [0.3, 0.4) is 0 Å². The number of anilines is 1. The molecule has 1 heterocycles. The van der Waals surface area contributed by atoms with E-state index in [0.717, 1.165) is 6.07 Å². The maximum absolute atomic E-state index is 13.0. The van der Waals surface area contributed by atoms with Gasteiger partial charge in [0, 0.05) is 43.8 Å². The molecule has 1 aromatic carbocycles. The average molecular weight is 307 g/mol. The van der Waals surface area contributed by atoms with Crippen LogP contribution < -0.4 is 4.90 Å². The Hall–Kier alpha value is -1.43. The number of piperazine rings is 1. The van der Waals surface area contributed by atoms with Crippen molar-refractivity contribution in [2.75, 3.05) is 31.1 Å². The number of rotatable bonds is 1. The van der Waals surface area contributed by atoms with E-state index in [9.17, 15) is 18.0 Å². The third-order valence-electron chi connectivity index (χ3n) is 3.33. The minimum absolute atomic E-state index is 0.0585. The van der Waals surface area contributed by atoms with E-state index in [4.69, 9.17) is 11.6 Å². The summed E-state index contributed by atoms with van der Waals surface area (Å²) in [5, 5.41) is 0.0587. The van der Waals surface area contributed by atoms with Crippen molar-refractivity contribution in [2.24, 2.45) is 0 Å². The third kappa shape index (κ3) is 3.17. The first-order valence-corrected chi connectivity index (χ1v) is 6.54. The van der Waals surface area contributed by atoms with Crippen molar-refractivity contribution in [2.45, 2.75) is 13.1 Å². The normalized spacial score (nSPS) is 16.4. The smallest absolute Gasteiger partial charge is 0.367 e. The number of carbonyl (C=O) groups is 1. The van der Waals surface area contributed by atoms with Crippen LogP contribution in [0, 0.1) is 0 Å². The first-order chi connectivity index (χ1) is 9.29. The fraction of sp³-hybridized carbons (Fsp3) is 0.462. The summed E-state index contributed by atoms with van der Waals surface area (Å²) in [6.45, 7) is 3.07. The molecule has 0 spiro atoms. The minimum atomic E-state index is -4.45. The number of hydrogen-bond donors (Lipinski definition) is 0. The van der Waals surface area contributed by atoms with Gasteiger partial charge in [0.25, 0.3) is 0 Å². The summed E-state index contributed by atoms with van der Waals surface area (Å²) in [4.78, 5) is 14.5. The number of hydrogen-bond acceptors (Lipinski definition) is 2. The van der Waals surface area contributed by atoms with Gasteiger partial charge in [0.05, 0.1) is 5.56 Å². The van der Waals surface area contributed by atoms with Crippen LogP contribution in [-0.2, 0) is 11.0 Å². The average Bonchev–Trinajstić information content (AvgIpc) is 2.38.